The molecule has 0 radical (unpaired) electrons. The van der Waals surface area contributed by atoms with Crippen LogP contribution in [-0.2, 0) is 16.0 Å². The summed E-state index contributed by atoms with van der Waals surface area (Å²) in [4.78, 5) is 26.8. The first kappa shape index (κ1) is 20.8. The minimum Gasteiger partial charge on any atom is -0.356 e. The minimum absolute atomic E-state index is 0.0825. The van der Waals surface area contributed by atoms with Crippen LogP contribution in [-0.4, -0.2) is 34.1 Å². The lowest BCUT2D eigenvalue weighted by atomic mass is 10.1. The molecule has 0 aliphatic carbocycles. The van der Waals surface area contributed by atoms with E-state index in [0.29, 0.717) is 15.8 Å². The quantitative estimate of drug-likeness (QED) is 0.477. The molecule has 1 saturated heterocycles. The van der Waals surface area contributed by atoms with Crippen LogP contribution in [0, 0.1) is 0 Å². The summed E-state index contributed by atoms with van der Waals surface area (Å²) in [5, 5.41) is 2.90. The summed E-state index contributed by atoms with van der Waals surface area (Å²) in [5.41, 5.74) is 2.10. The van der Waals surface area contributed by atoms with Crippen molar-refractivity contribution in [2.75, 3.05) is 13.1 Å². The predicted molar refractivity (Wildman–Crippen MR) is 122 cm³/mol. The van der Waals surface area contributed by atoms with Crippen LogP contribution in [0.5, 0.6) is 0 Å². The number of halogens is 1. The molecule has 7 heteroatoms. The van der Waals surface area contributed by atoms with Crippen molar-refractivity contribution in [3.05, 3.63) is 75.1 Å². The Hall–Kier alpha value is -1.96. The second-order valence-corrected chi connectivity index (χ2v) is 8.82. The van der Waals surface area contributed by atoms with Gasteiger partial charge >= 0.3 is 0 Å². The summed E-state index contributed by atoms with van der Waals surface area (Å²) in [7, 11) is 0. The molecule has 2 aromatic carbocycles. The van der Waals surface area contributed by atoms with E-state index in [-0.39, 0.29) is 24.8 Å². The van der Waals surface area contributed by atoms with Crippen LogP contribution >= 0.6 is 39.9 Å². The highest BCUT2D eigenvalue weighted by Crippen LogP contribution is 2.32. The summed E-state index contributed by atoms with van der Waals surface area (Å²) in [5.74, 6) is -0.229. The highest BCUT2D eigenvalue weighted by molar-refractivity contribution is 9.10. The molecule has 0 aromatic heterocycles. The van der Waals surface area contributed by atoms with Gasteiger partial charge in [-0.2, -0.15) is 0 Å². The van der Waals surface area contributed by atoms with Gasteiger partial charge in [-0.15, -0.1) is 0 Å². The third kappa shape index (κ3) is 5.77. The largest absolute Gasteiger partial charge is 0.356 e. The molecule has 0 spiro atoms. The van der Waals surface area contributed by atoms with E-state index in [2.05, 4.69) is 21.2 Å². The lowest BCUT2D eigenvalue weighted by Gasteiger charge is -2.14. The third-order valence-corrected chi connectivity index (χ3v) is 6.03. The van der Waals surface area contributed by atoms with Crippen LogP contribution in [0.15, 0.2) is 64.0 Å². The molecule has 2 aromatic rings. The summed E-state index contributed by atoms with van der Waals surface area (Å²) < 4.78 is 1.44. The predicted octanol–water partition coefficient (Wildman–Crippen LogP) is 4.40. The smallest absolute Gasteiger partial charge is 0.266 e. The van der Waals surface area contributed by atoms with Gasteiger partial charge in [-0.1, -0.05) is 82.4 Å². The number of thiocarbonyl (C=S) groups is 1. The van der Waals surface area contributed by atoms with Gasteiger partial charge in [-0.25, -0.2) is 0 Å². The Labute approximate surface area is 182 Å². The van der Waals surface area contributed by atoms with Gasteiger partial charge in [0.15, 0.2) is 0 Å². The number of thioether (sulfide) groups is 1. The van der Waals surface area contributed by atoms with Gasteiger partial charge in [0.25, 0.3) is 5.91 Å². The van der Waals surface area contributed by atoms with Crippen LogP contribution in [0.3, 0.4) is 0 Å². The number of nitrogens with zero attached hydrogens (tertiary/aromatic N) is 1. The lowest BCUT2D eigenvalue weighted by molar-refractivity contribution is -0.123. The van der Waals surface area contributed by atoms with E-state index in [0.717, 1.165) is 16.5 Å². The SMILES string of the molecule is O=C(CCN1C(=O)C(=Cc2cccc(Br)c2)SC1=S)NCCc1ccccc1. The van der Waals surface area contributed by atoms with Crippen molar-refractivity contribution in [1.82, 2.24) is 10.2 Å². The Morgan fingerprint density at radius 3 is 2.71 bits per heavy atom. The van der Waals surface area contributed by atoms with Crippen molar-refractivity contribution in [2.45, 2.75) is 12.8 Å². The Morgan fingerprint density at radius 1 is 1.18 bits per heavy atom. The number of benzene rings is 2. The van der Waals surface area contributed by atoms with E-state index in [1.54, 1.807) is 0 Å². The van der Waals surface area contributed by atoms with Crippen LogP contribution < -0.4 is 5.32 Å². The summed E-state index contributed by atoms with van der Waals surface area (Å²) in [6, 6.07) is 17.7. The molecule has 0 atom stereocenters. The van der Waals surface area contributed by atoms with E-state index < -0.39 is 0 Å². The van der Waals surface area contributed by atoms with E-state index in [9.17, 15) is 9.59 Å². The zero-order valence-electron chi connectivity index (χ0n) is 15.1. The van der Waals surface area contributed by atoms with Crippen molar-refractivity contribution in [3.8, 4) is 0 Å². The molecule has 1 heterocycles. The molecule has 1 N–H and O–H groups in total. The maximum absolute atomic E-state index is 12.6. The summed E-state index contributed by atoms with van der Waals surface area (Å²) in [6.07, 6.45) is 2.83. The number of amides is 2. The van der Waals surface area contributed by atoms with Gasteiger partial charge in [0, 0.05) is 24.0 Å². The van der Waals surface area contributed by atoms with Crippen molar-refractivity contribution < 1.29 is 9.59 Å². The van der Waals surface area contributed by atoms with Gasteiger partial charge in [-0.05, 0) is 35.8 Å². The Bertz CT molecular complexity index is 916. The second kappa shape index (κ2) is 10.0. The molecule has 28 heavy (non-hydrogen) atoms. The first-order valence-electron chi connectivity index (χ1n) is 8.84. The average Bonchev–Trinajstić information content (AvgIpc) is 2.94. The molecule has 1 aliphatic rings. The molecule has 1 fully saturated rings. The second-order valence-electron chi connectivity index (χ2n) is 6.22. The molecular formula is C21H19BrN2O2S2. The Balaban J connectivity index is 1.49. The fraction of sp³-hybridized carbons (Fsp3) is 0.190. The fourth-order valence-electron chi connectivity index (χ4n) is 2.73. The maximum atomic E-state index is 12.6. The molecule has 3 rings (SSSR count). The first-order chi connectivity index (χ1) is 13.5. The number of hydrogen-bond donors (Lipinski definition) is 1. The first-order valence-corrected chi connectivity index (χ1v) is 10.9. The number of nitrogens with one attached hydrogen (secondary N) is 1. The van der Waals surface area contributed by atoms with Crippen molar-refractivity contribution in [3.63, 3.8) is 0 Å². The molecule has 1 aliphatic heterocycles. The molecule has 0 saturated carbocycles. The normalized spacial score (nSPS) is 15.3. The zero-order valence-corrected chi connectivity index (χ0v) is 18.3. The standard InChI is InChI=1S/C21H19BrN2O2S2/c22-17-8-4-7-16(13-17)14-18-20(26)24(21(27)28-18)12-10-19(25)23-11-9-15-5-2-1-3-6-15/h1-8,13-14H,9-12H2,(H,23,25). The lowest BCUT2D eigenvalue weighted by Crippen LogP contribution is -2.34. The Kier molecular flexibility index (Phi) is 7.42. The van der Waals surface area contributed by atoms with Crippen molar-refractivity contribution >= 4 is 62.1 Å². The Morgan fingerprint density at radius 2 is 1.96 bits per heavy atom. The van der Waals surface area contributed by atoms with Crippen LogP contribution in [0.2, 0.25) is 0 Å². The molecule has 144 valence electrons. The van der Waals surface area contributed by atoms with Crippen LogP contribution in [0.25, 0.3) is 6.08 Å². The molecule has 4 nitrogen and oxygen atoms in total. The minimum atomic E-state index is -0.146. The van der Waals surface area contributed by atoms with Crippen LogP contribution in [0.1, 0.15) is 17.5 Å². The topological polar surface area (TPSA) is 49.4 Å². The third-order valence-electron chi connectivity index (χ3n) is 4.16. The van der Waals surface area contributed by atoms with E-state index in [1.807, 2.05) is 60.7 Å². The highest BCUT2D eigenvalue weighted by atomic mass is 79.9. The number of hydrogen-bond acceptors (Lipinski definition) is 4. The summed E-state index contributed by atoms with van der Waals surface area (Å²) >= 11 is 10.0. The van der Waals surface area contributed by atoms with Crippen LogP contribution in [0.4, 0.5) is 0 Å². The van der Waals surface area contributed by atoms with Crippen molar-refractivity contribution in [2.24, 2.45) is 0 Å². The number of rotatable bonds is 7. The molecular weight excluding hydrogens is 456 g/mol. The molecule has 0 unspecified atom stereocenters. The maximum Gasteiger partial charge on any atom is 0.266 e. The van der Waals surface area contributed by atoms with Gasteiger partial charge in [0.1, 0.15) is 4.32 Å². The van der Waals surface area contributed by atoms with Gasteiger partial charge < -0.3 is 5.32 Å². The van der Waals surface area contributed by atoms with E-state index in [4.69, 9.17) is 12.2 Å². The number of carbonyl (C=O) groups excluding carboxylic acids is 2. The van der Waals surface area contributed by atoms with Crippen molar-refractivity contribution in [1.29, 1.82) is 0 Å². The van der Waals surface area contributed by atoms with Gasteiger partial charge in [-0.3, -0.25) is 14.5 Å². The van der Waals surface area contributed by atoms with E-state index >= 15 is 0 Å². The highest BCUT2D eigenvalue weighted by Gasteiger charge is 2.32. The summed E-state index contributed by atoms with van der Waals surface area (Å²) in [6.45, 7) is 0.863. The fourth-order valence-corrected chi connectivity index (χ4v) is 4.46. The number of carbonyl (C=O) groups is 2. The molecule has 2 amide bonds. The zero-order chi connectivity index (χ0) is 19.9. The average molecular weight is 475 g/mol. The van der Waals surface area contributed by atoms with Gasteiger partial charge in [0.05, 0.1) is 4.91 Å². The molecule has 0 bridgehead atoms. The van der Waals surface area contributed by atoms with E-state index in [1.165, 1.54) is 22.2 Å². The monoisotopic (exact) mass is 474 g/mol. The van der Waals surface area contributed by atoms with Gasteiger partial charge in [0.2, 0.25) is 5.91 Å².